The average molecular weight is 443 g/mol. The fourth-order valence-electron chi connectivity index (χ4n) is 2.51. The van der Waals surface area contributed by atoms with E-state index in [0.717, 1.165) is 22.0 Å². The van der Waals surface area contributed by atoms with E-state index in [1.54, 1.807) is 0 Å². The van der Waals surface area contributed by atoms with Gasteiger partial charge < -0.3 is 19.9 Å². The Hall–Kier alpha value is -1.27. The van der Waals surface area contributed by atoms with Gasteiger partial charge in [-0.2, -0.15) is 0 Å². The van der Waals surface area contributed by atoms with Gasteiger partial charge in [0.15, 0.2) is 11.5 Å². The largest absolute Gasteiger partial charge is 0.490 e. The van der Waals surface area contributed by atoms with Crippen molar-refractivity contribution in [3.8, 4) is 11.5 Å². The minimum Gasteiger partial charge on any atom is -0.490 e. The molecule has 0 unspecified atom stereocenters. The number of aliphatic hydroxyl groups excluding tert-OH is 1. The van der Waals surface area contributed by atoms with E-state index in [2.05, 4.69) is 21.2 Å². The van der Waals surface area contributed by atoms with E-state index in [9.17, 15) is 5.11 Å². The molecule has 2 rings (SSSR count). The Morgan fingerprint density at radius 2 is 1.96 bits per heavy atom. The summed E-state index contributed by atoms with van der Waals surface area (Å²) in [7, 11) is 0. The van der Waals surface area contributed by atoms with Crippen molar-refractivity contribution in [1.82, 2.24) is 5.32 Å². The molecule has 0 aliphatic carbocycles. The van der Waals surface area contributed by atoms with Crippen LogP contribution in [0.4, 0.5) is 0 Å². The average Bonchev–Trinajstić information content (AvgIpc) is 2.62. The summed E-state index contributed by atoms with van der Waals surface area (Å²) in [4.78, 5) is 0. The van der Waals surface area contributed by atoms with E-state index in [1.807, 2.05) is 50.2 Å². The highest BCUT2D eigenvalue weighted by molar-refractivity contribution is 9.10. The first-order valence-electron chi connectivity index (χ1n) is 8.74. The van der Waals surface area contributed by atoms with Crippen LogP contribution in [0.25, 0.3) is 0 Å². The van der Waals surface area contributed by atoms with Crippen LogP contribution in [0.1, 0.15) is 31.4 Å². The highest BCUT2D eigenvalue weighted by atomic mass is 79.9. The monoisotopic (exact) mass is 441 g/mol. The molecule has 0 amide bonds. The van der Waals surface area contributed by atoms with Crippen LogP contribution < -0.4 is 14.8 Å². The van der Waals surface area contributed by atoms with Gasteiger partial charge in [-0.05, 0) is 64.7 Å². The molecule has 1 atom stereocenters. The van der Waals surface area contributed by atoms with Crippen LogP contribution in [0.15, 0.2) is 40.9 Å². The first kappa shape index (κ1) is 21.0. The van der Waals surface area contributed by atoms with Crippen LogP contribution in [0.3, 0.4) is 0 Å². The predicted octanol–water partition coefficient (Wildman–Crippen LogP) is 4.94. The molecule has 26 heavy (non-hydrogen) atoms. The molecule has 2 N–H and O–H groups in total. The van der Waals surface area contributed by atoms with E-state index < -0.39 is 0 Å². The molecular weight excluding hydrogens is 418 g/mol. The first-order valence-corrected chi connectivity index (χ1v) is 9.91. The maximum absolute atomic E-state index is 9.31. The number of ether oxygens (including phenoxy) is 2. The molecule has 4 nitrogen and oxygen atoms in total. The van der Waals surface area contributed by atoms with E-state index >= 15 is 0 Å². The zero-order valence-electron chi connectivity index (χ0n) is 15.1. The number of nitrogens with one attached hydrogen (secondary N) is 1. The summed E-state index contributed by atoms with van der Waals surface area (Å²) in [5.74, 6) is 1.36. The van der Waals surface area contributed by atoms with Gasteiger partial charge in [0, 0.05) is 17.6 Å². The Bertz CT molecular complexity index is 707. The van der Waals surface area contributed by atoms with E-state index in [4.69, 9.17) is 21.1 Å². The van der Waals surface area contributed by atoms with Crippen LogP contribution in [-0.4, -0.2) is 24.4 Å². The molecule has 0 fully saturated rings. The lowest BCUT2D eigenvalue weighted by Gasteiger charge is -2.18. The second kappa shape index (κ2) is 10.8. The lowest BCUT2D eigenvalue weighted by molar-refractivity contribution is 0.238. The number of hydrogen-bond donors (Lipinski definition) is 2. The Morgan fingerprint density at radius 3 is 2.62 bits per heavy atom. The fraction of sp³-hybridized carbons (Fsp3) is 0.400. The molecule has 2 aromatic carbocycles. The molecule has 0 saturated carbocycles. The minimum absolute atomic E-state index is 0.0862. The highest BCUT2D eigenvalue weighted by Gasteiger charge is 2.13. The van der Waals surface area contributed by atoms with Crippen LogP contribution in [0, 0.1) is 0 Å². The van der Waals surface area contributed by atoms with Crippen molar-refractivity contribution in [3.63, 3.8) is 0 Å². The number of rotatable bonds is 10. The summed E-state index contributed by atoms with van der Waals surface area (Å²) in [6.45, 7) is 5.70. The van der Waals surface area contributed by atoms with Gasteiger partial charge in [0.2, 0.25) is 0 Å². The Labute approximate surface area is 168 Å². The summed E-state index contributed by atoms with van der Waals surface area (Å²) < 4.78 is 12.6. The Balaban J connectivity index is 2.14. The summed E-state index contributed by atoms with van der Waals surface area (Å²) >= 11 is 9.62. The molecule has 0 saturated heterocycles. The third-order valence-corrected chi connectivity index (χ3v) is 4.77. The second-order valence-corrected chi connectivity index (χ2v) is 7.22. The molecule has 0 heterocycles. The molecule has 6 heteroatoms. The lowest BCUT2D eigenvalue weighted by atomic mass is 10.1. The van der Waals surface area contributed by atoms with Crippen LogP contribution in [0.5, 0.6) is 11.5 Å². The zero-order chi connectivity index (χ0) is 18.9. The van der Waals surface area contributed by atoms with Crippen molar-refractivity contribution < 1.29 is 14.6 Å². The highest BCUT2D eigenvalue weighted by Crippen LogP contribution is 2.37. The SMILES string of the molecule is CCOc1cc(CN[C@H](CC)CO)cc(Br)c1OCc1cccc(Cl)c1. The van der Waals surface area contributed by atoms with Gasteiger partial charge >= 0.3 is 0 Å². The summed E-state index contributed by atoms with van der Waals surface area (Å²) in [6, 6.07) is 11.7. The van der Waals surface area contributed by atoms with Gasteiger partial charge in [-0.1, -0.05) is 30.7 Å². The third-order valence-electron chi connectivity index (χ3n) is 3.95. The molecule has 2 aromatic rings. The maximum Gasteiger partial charge on any atom is 0.175 e. The van der Waals surface area contributed by atoms with Crippen molar-refractivity contribution in [1.29, 1.82) is 0 Å². The minimum atomic E-state index is 0.0862. The molecule has 0 aliphatic rings. The quantitative estimate of drug-likeness (QED) is 0.547. The van der Waals surface area contributed by atoms with Gasteiger partial charge in [0.25, 0.3) is 0 Å². The zero-order valence-corrected chi connectivity index (χ0v) is 17.4. The number of benzene rings is 2. The normalized spacial score (nSPS) is 12.0. The van der Waals surface area contributed by atoms with Gasteiger partial charge in [0.05, 0.1) is 17.7 Å². The maximum atomic E-state index is 9.31. The van der Waals surface area contributed by atoms with Crippen molar-refractivity contribution in [3.05, 3.63) is 57.0 Å². The topological polar surface area (TPSA) is 50.7 Å². The Morgan fingerprint density at radius 1 is 1.15 bits per heavy atom. The predicted molar refractivity (Wildman–Crippen MR) is 109 cm³/mol. The van der Waals surface area contributed by atoms with Crippen molar-refractivity contribution in [2.24, 2.45) is 0 Å². The fourth-order valence-corrected chi connectivity index (χ4v) is 3.33. The van der Waals surface area contributed by atoms with E-state index in [-0.39, 0.29) is 12.6 Å². The van der Waals surface area contributed by atoms with Crippen molar-refractivity contribution in [2.75, 3.05) is 13.2 Å². The summed E-state index contributed by atoms with van der Waals surface area (Å²) in [5.41, 5.74) is 2.05. The molecule has 0 aliphatic heterocycles. The molecule has 0 radical (unpaired) electrons. The van der Waals surface area contributed by atoms with E-state index in [1.165, 1.54) is 0 Å². The third kappa shape index (κ3) is 6.16. The van der Waals surface area contributed by atoms with Gasteiger partial charge in [-0.3, -0.25) is 0 Å². The molecular formula is C20H25BrClNO3. The van der Waals surface area contributed by atoms with Gasteiger partial charge in [-0.25, -0.2) is 0 Å². The molecule has 0 spiro atoms. The Kier molecular flexibility index (Phi) is 8.72. The lowest BCUT2D eigenvalue weighted by Crippen LogP contribution is -2.31. The van der Waals surface area contributed by atoms with Gasteiger partial charge in [-0.15, -0.1) is 0 Å². The summed E-state index contributed by atoms with van der Waals surface area (Å²) in [5, 5.41) is 13.3. The molecule has 0 bridgehead atoms. The standard InChI is InChI=1S/C20H25BrClNO3/c1-3-17(12-24)23-11-15-9-18(21)20(19(10-15)25-4-2)26-13-14-6-5-7-16(22)8-14/h5-10,17,23-24H,3-4,11-13H2,1-2H3/t17-/m1/s1. The first-order chi connectivity index (χ1) is 12.6. The summed E-state index contributed by atoms with van der Waals surface area (Å²) in [6.07, 6.45) is 0.872. The number of hydrogen-bond acceptors (Lipinski definition) is 4. The smallest absolute Gasteiger partial charge is 0.175 e. The van der Waals surface area contributed by atoms with E-state index in [0.29, 0.717) is 36.3 Å². The van der Waals surface area contributed by atoms with Crippen molar-refractivity contribution >= 4 is 27.5 Å². The molecule has 142 valence electrons. The van der Waals surface area contributed by atoms with Crippen LogP contribution in [-0.2, 0) is 13.2 Å². The van der Waals surface area contributed by atoms with Gasteiger partial charge in [0.1, 0.15) is 6.61 Å². The molecule has 0 aromatic heterocycles. The van der Waals surface area contributed by atoms with Crippen molar-refractivity contribution in [2.45, 2.75) is 39.5 Å². The number of halogens is 2. The second-order valence-electron chi connectivity index (χ2n) is 5.93. The van der Waals surface area contributed by atoms with Crippen LogP contribution >= 0.6 is 27.5 Å². The van der Waals surface area contributed by atoms with Crippen LogP contribution in [0.2, 0.25) is 5.02 Å². The number of aliphatic hydroxyl groups is 1.